The van der Waals surface area contributed by atoms with Crippen LogP contribution in [0.4, 0.5) is 4.39 Å². The van der Waals surface area contributed by atoms with Gasteiger partial charge in [0.15, 0.2) is 0 Å². The third-order valence-corrected chi connectivity index (χ3v) is 3.91. The van der Waals surface area contributed by atoms with Crippen molar-refractivity contribution in [3.63, 3.8) is 0 Å². The van der Waals surface area contributed by atoms with Crippen LogP contribution in [0.5, 0.6) is 0 Å². The number of hydrogen-bond donors (Lipinski definition) is 0. The molecule has 0 unspecified atom stereocenters. The molecule has 1 heterocycles. The quantitative estimate of drug-likeness (QED) is 0.601. The van der Waals surface area contributed by atoms with Crippen LogP contribution in [-0.2, 0) is 0 Å². The van der Waals surface area contributed by atoms with Crippen LogP contribution in [0, 0.1) is 0 Å². The number of hydrogen-bond acceptors (Lipinski definition) is 0. The smallest absolute Gasteiger partial charge is 0.129 e. The lowest BCUT2D eigenvalue weighted by atomic mass is 10.5. The maximum atomic E-state index is 12.2. The molecule has 1 aliphatic rings. The van der Waals surface area contributed by atoms with Crippen molar-refractivity contribution in [2.75, 3.05) is 0 Å². The van der Waals surface area contributed by atoms with Gasteiger partial charge in [-0.3, -0.25) is 0 Å². The van der Waals surface area contributed by atoms with Crippen LogP contribution >= 0.6 is 36.7 Å². The van der Waals surface area contributed by atoms with Crippen LogP contribution in [0.1, 0.15) is 0 Å². The number of rotatable bonds is 0. The van der Waals surface area contributed by atoms with Crippen molar-refractivity contribution in [3.05, 3.63) is 20.5 Å². The molecule has 0 saturated heterocycles. The van der Waals surface area contributed by atoms with E-state index in [2.05, 4.69) is 15.9 Å². The molecule has 1 aliphatic heterocycles. The molecule has 0 saturated carbocycles. The molecule has 0 bridgehead atoms. The minimum atomic E-state index is -0.143. The summed E-state index contributed by atoms with van der Waals surface area (Å²) in [7, 11) is 0. The summed E-state index contributed by atoms with van der Waals surface area (Å²) >= 11 is 3.04. The maximum Gasteiger partial charge on any atom is 0.129 e. The second-order valence-corrected chi connectivity index (χ2v) is 4.14. The summed E-state index contributed by atoms with van der Waals surface area (Å²) in [5.74, 6) is -0.104. The highest BCUT2D eigenvalue weighted by atomic mass is 127. The number of allylic oxidation sites excluding steroid dienone is 3. The lowest BCUT2D eigenvalue weighted by molar-refractivity contribution is 0.670. The van der Waals surface area contributed by atoms with Crippen LogP contribution in [0.15, 0.2) is 20.5 Å². The average Bonchev–Trinajstić information content (AvgIpc) is 1.64. The van der Waals surface area contributed by atoms with Crippen LogP contribution in [-0.4, -0.2) is 4.01 Å². The van der Waals surface area contributed by atoms with Gasteiger partial charge in [0, 0.05) is 8.57 Å². The predicted octanol–water partition coefficient (Wildman–Crippen LogP) is 2.86. The summed E-state index contributed by atoms with van der Waals surface area (Å²) in [4.78, 5) is 0. The summed E-state index contributed by atoms with van der Waals surface area (Å²) < 4.78 is 16.7. The zero-order chi connectivity index (χ0) is 5.98. The summed E-state index contributed by atoms with van der Waals surface area (Å²) in [5.41, 5.74) is 0. The van der Waals surface area contributed by atoms with E-state index in [1.165, 1.54) is 6.08 Å². The first kappa shape index (κ1) is 6.61. The van der Waals surface area contributed by atoms with E-state index in [4.69, 9.17) is 0 Å². The molecule has 44 valence electrons. The minimum Gasteiger partial charge on any atom is -0.206 e. The zero-order valence-electron chi connectivity index (χ0n) is 3.87. The zero-order valence-corrected chi connectivity index (χ0v) is 7.61. The Balaban J connectivity index is 2.89. The van der Waals surface area contributed by atoms with Gasteiger partial charge in [-0.2, -0.15) is 0 Å². The molecule has 0 aromatic heterocycles. The molecule has 0 aromatic carbocycles. The Hall–Kier alpha value is 0.490. The molecule has 0 N–H and O–H groups in total. The topological polar surface area (TPSA) is 0 Å². The SMILES string of the molecule is FC1=CI=CC(Br)=C1. The van der Waals surface area contributed by atoms with Gasteiger partial charge in [0.2, 0.25) is 0 Å². The van der Waals surface area contributed by atoms with Gasteiger partial charge in [0.05, 0.1) is 0 Å². The fourth-order valence-corrected chi connectivity index (χ4v) is 2.46. The summed E-state index contributed by atoms with van der Waals surface area (Å²) in [6, 6.07) is 0. The van der Waals surface area contributed by atoms with Crippen LogP contribution in [0.3, 0.4) is 0 Å². The molecular weight excluding hydrogens is 286 g/mol. The van der Waals surface area contributed by atoms with Gasteiger partial charge in [-0.05, 0) is 10.1 Å². The molecule has 3 heteroatoms. The Labute approximate surface area is 65.3 Å². The van der Waals surface area contributed by atoms with Crippen molar-refractivity contribution in [2.24, 2.45) is 0 Å². The lowest BCUT2D eigenvalue weighted by Crippen LogP contribution is -1.73. The molecule has 0 aromatic rings. The maximum absolute atomic E-state index is 12.2. The third-order valence-electron chi connectivity index (χ3n) is 0.610. The van der Waals surface area contributed by atoms with E-state index in [1.807, 2.05) is 4.01 Å². The van der Waals surface area contributed by atoms with E-state index in [-0.39, 0.29) is 26.6 Å². The Morgan fingerprint density at radius 3 is 2.75 bits per heavy atom. The van der Waals surface area contributed by atoms with Gasteiger partial charge in [-0.25, -0.2) is 4.39 Å². The fraction of sp³-hybridized carbons (Fsp3) is 0. The van der Waals surface area contributed by atoms with Gasteiger partial charge >= 0.3 is 0 Å². The highest BCUT2D eigenvalue weighted by Gasteiger charge is 1.93. The van der Waals surface area contributed by atoms with Crippen molar-refractivity contribution >= 4 is 40.7 Å². The summed E-state index contributed by atoms with van der Waals surface area (Å²) in [6.07, 6.45) is 1.48. The van der Waals surface area contributed by atoms with Gasteiger partial charge in [0.25, 0.3) is 0 Å². The first-order valence-electron chi connectivity index (χ1n) is 1.97. The molecule has 0 aliphatic carbocycles. The Morgan fingerprint density at radius 1 is 1.62 bits per heavy atom. The van der Waals surface area contributed by atoms with Gasteiger partial charge < -0.3 is 0 Å². The molecule has 0 fully saturated rings. The Kier molecular flexibility index (Phi) is 2.37. The van der Waals surface area contributed by atoms with Crippen LogP contribution in [0.25, 0.3) is 0 Å². The summed E-state index contributed by atoms with van der Waals surface area (Å²) in [5, 5.41) is 0. The van der Waals surface area contributed by atoms with Gasteiger partial charge in [0.1, 0.15) is 5.83 Å². The van der Waals surface area contributed by atoms with E-state index in [1.54, 1.807) is 4.08 Å². The molecule has 0 amide bonds. The van der Waals surface area contributed by atoms with E-state index < -0.39 is 0 Å². The largest absolute Gasteiger partial charge is 0.206 e. The monoisotopic (exact) mass is 288 g/mol. The molecule has 0 spiro atoms. The van der Waals surface area contributed by atoms with Crippen molar-refractivity contribution in [3.8, 4) is 0 Å². The van der Waals surface area contributed by atoms with E-state index >= 15 is 0 Å². The van der Waals surface area contributed by atoms with Crippen LogP contribution in [0.2, 0.25) is 0 Å². The van der Waals surface area contributed by atoms with Gasteiger partial charge in [-0.15, -0.1) is 0 Å². The van der Waals surface area contributed by atoms with E-state index in [9.17, 15) is 4.39 Å². The Morgan fingerprint density at radius 2 is 2.38 bits per heavy atom. The van der Waals surface area contributed by atoms with Crippen molar-refractivity contribution in [1.82, 2.24) is 0 Å². The highest BCUT2D eigenvalue weighted by Crippen LogP contribution is 2.19. The first-order chi connectivity index (χ1) is 3.79. The predicted molar refractivity (Wildman–Crippen MR) is 46.3 cm³/mol. The van der Waals surface area contributed by atoms with Crippen molar-refractivity contribution in [2.45, 2.75) is 0 Å². The second kappa shape index (κ2) is 2.87. The Bertz CT molecular complexity index is 178. The minimum absolute atomic E-state index is 0.104. The second-order valence-electron chi connectivity index (χ2n) is 1.26. The average molecular weight is 289 g/mol. The first-order valence-corrected chi connectivity index (χ1v) is 5.25. The molecule has 1 rings (SSSR count). The molecular formula is C5H3BrFI. The van der Waals surface area contributed by atoms with Crippen molar-refractivity contribution in [1.29, 1.82) is 0 Å². The van der Waals surface area contributed by atoms with Crippen LogP contribution < -0.4 is 0 Å². The van der Waals surface area contributed by atoms with Crippen molar-refractivity contribution < 1.29 is 4.39 Å². The molecule has 0 atom stereocenters. The lowest BCUT2D eigenvalue weighted by Gasteiger charge is -1.91. The fourth-order valence-electron chi connectivity index (χ4n) is 0.347. The van der Waals surface area contributed by atoms with Gasteiger partial charge in [-0.1, -0.05) is 36.7 Å². The number of halogens is 3. The third kappa shape index (κ3) is 1.78. The molecule has 0 nitrogen and oxygen atoms in total. The van der Waals surface area contributed by atoms with E-state index in [0.717, 1.165) is 4.48 Å². The molecule has 8 heavy (non-hydrogen) atoms. The molecule has 0 radical (unpaired) electrons. The van der Waals surface area contributed by atoms with E-state index in [0.29, 0.717) is 0 Å². The highest BCUT2D eigenvalue weighted by molar-refractivity contribution is 14.2. The standard InChI is InChI=1S/C5H3BrFI/c6-4-1-5(7)3-8-2-4/h1-3H. The summed E-state index contributed by atoms with van der Waals surface area (Å²) in [6.45, 7) is 0. The normalized spacial score (nSPS) is 18.8.